The van der Waals surface area contributed by atoms with Crippen LogP contribution in [0.1, 0.15) is 49.4 Å². The lowest BCUT2D eigenvalue weighted by molar-refractivity contribution is -0.144. The van der Waals surface area contributed by atoms with Gasteiger partial charge >= 0.3 is 0 Å². The summed E-state index contributed by atoms with van der Waals surface area (Å²) in [4.78, 5) is 13.3. The summed E-state index contributed by atoms with van der Waals surface area (Å²) < 4.78 is 0. The molecule has 2 aromatic rings. The van der Waals surface area contributed by atoms with Crippen LogP contribution in [-0.2, 0) is 4.79 Å². The van der Waals surface area contributed by atoms with Gasteiger partial charge in [-0.3, -0.25) is 4.79 Å². The third-order valence-corrected chi connectivity index (χ3v) is 6.43. The van der Waals surface area contributed by atoms with E-state index in [9.17, 15) is 4.79 Å². The first-order valence-corrected chi connectivity index (χ1v) is 9.56. The summed E-state index contributed by atoms with van der Waals surface area (Å²) in [6.45, 7) is 2.12. The van der Waals surface area contributed by atoms with Crippen molar-refractivity contribution < 1.29 is 4.79 Å². The molecular formula is C21H21Cl2NO. The zero-order valence-electron chi connectivity index (χ0n) is 14.1. The minimum Gasteiger partial charge on any atom is -0.301 e. The molecule has 4 heteroatoms. The lowest BCUT2D eigenvalue weighted by Crippen LogP contribution is -2.56. The quantitative estimate of drug-likeness (QED) is 0.725. The molecule has 0 spiro atoms. The third kappa shape index (κ3) is 2.91. The maximum atomic E-state index is 13.3. The molecule has 2 fully saturated rings. The molecule has 0 aromatic heterocycles. The molecule has 1 N–H and O–H groups in total. The lowest BCUT2D eigenvalue weighted by atomic mass is 9.59. The number of hydrogen-bond acceptors (Lipinski definition) is 2. The number of halogens is 2. The summed E-state index contributed by atoms with van der Waals surface area (Å²) >= 11 is 12.1. The molecule has 1 saturated heterocycles. The van der Waals surface area contributed by atoms with Gasteiger partial charge < -0.3 is 5.32 Å². The van der Waals surface area contributed by atoms with E-state index in [1.54, 1.807) is 0 Å². The van der Waals surface area contributed by atoms with Gasteiger partial charge in [0.15, 0.2) is 0 Å². The van der Waals surface area contributed by atoms with E-state index in [0.717, 1.165) is 30.4 Å². The molecule has 0 radical (unpaired) electrons. The number of carbonyl (C=O) groups excluding carboxylic acids is 1. The highest BCUT2D eigenvalue weighted by atomic mass is 35.5. The van der Waals surface area contributed by atoms with Gasteiger partial charge in [0.1, 0.15) is 5.78 Å². The smallest absolute Gasteiger partial charge is 0.145 e. The van der Waals surface area contributed by atoms with Crippen LogP contribution in [0.15, 0.2) is 48.5 Å². The summed E-state index contributed by atoms with van der Waals surface area (Å²) in [5, 5.41) is 5.22. The average molecular weight is 374 g/mol. The van der Waals surface area contributed by atoms with Gasteiger partial charge in [0, 0.05) is 33.5 Å². The van der Waals surface area contributed by atoms with Crippen LogP contribution in [0.5, 0.6) is 0 Å². The maximum Gasteiger partial charge on any atom is 0.145 e. The van der Waals surface area contributed by atoms with E-state index in [-0.39, 0.29) is 23.4 Å². The Labute approximate surface area is 158 Å². The van der Waals surface area contributed by atoms with Crippen molar-refractivity contribution in [1.82, 2.24) is 5.32 Å². The van der Waals surface area contributed by atoms with Crippen molar-refractivity contribution in [1.29, 1.82) is 0 Å². The number of hydrogen-bond donors (Lipinski definition) is 1. The zero-order chi connectivity index (χ0) is 17.6. The van der Waals surface area contributed by atoms with Crippen molar-refractivity contribution in [2.75, 3.05) is 0 Å². The number of piperidine rings is 1. The van der Waals surface area contributed by atoms with Crippen LogP contribution in [0.4, 0.5) is 0 Å². The molecular weight excluding hydrogens is 353 g/mol. The first kappa shape index (κ1) is 17.1. The molecule has 2 bridgehead atoms. The summed E-state index contributed by atoms with van der Waals surface area (Å²) in [7, 11) is 0. The van der Waals surface area contributed by atoms with Gasteiger partial charge in [-0.2, -0.15) is 0 Å². The third-order valence-electron chi connectivity index (χ3n) is 5.93. The second kappa shape index (κ2) is 6.42. The van der Waals surface area contributed by atoms with Crippen molar-refractivity contribution in [3.05, 3.63) is 69.7 Å². The molecule has 130 valence electrons. The first-order chi connectivity index (χ1) is 12.0. The molecule has 0 unspecified atom stereocenters. The topological polar surface area (TPSA) is 29.1 Å². The Kier molecular flexibility index (Phi) is 4.39. The Morgan fingerprint density at radius 2 is 1.52 bits per heavy atom. The van der Waals surface area contributed by atoms with Crippen LogP contribution in [0.3, 0.4) is 0 Å². The highest BCUT2D eigenvalue weighted by Crippen LogP contribution is 2.53. The Morgan fingerprint density at radius 1 is 0.960 bits per heavy atom. The van der Waals surface area contributed by atoms with Crippen molar-refractivity contribution in [3.8, 4) is 0 Å². The fourth-order valence-corrected chi connectivity index (χ4v) is 4.82. The van der Waals surface area contributed by atoms with Gasteiger partial charge in [0.2, 0.25) is 0 Å². The molecule has 1 heterocycles. The van der Waals surface area contributed by atoms with E-state index in [1.807, 2.05) is 48.5 Å². The van der Waals surface area contributed by atoms with E-state index in [0.29, 0.717) is 15.8 Å². The number of carbonyl (C=O) groups is 1. The van der Waals surface area contributed by atoms with Crippen LogP contribution < -0.4 is 5.32 Å². The van der Waals surface area contributed by atoms with Gasteiger partial charge in [-0.15, -0.1) is 0 Å². The Hall–Kier alpha value is -1.35. The fraction of sp³-hybridized carbons (Fsp3) is 0.381. The molecule has 0 amide bonds. The van der Waals surface area contributed by atoms with Crippen molar-refractivity contribution in [2.24, 2.45) is 11.3 Å². The van der Waals surface area contributed by atoms with Crippen LogP contribution in [0.2, 0.25) is 10.0 Å². The maximum absolute atomic E-state index is 13.3. The molecule has 2 aromatic carbocycles. The highest BCUT2D eigenvalue weighted by molar-refractivity contribution is 6.30. The summed E-state index contributed by atoms with van der Waals surface area (Å²) in [5.41, 5.74) is 1.89. The van der Waals surface area contributed by atoms with Gasteiger partial charge in [-0.25, -0.2) is 0 Å². The molecule has 4 rings (SSSR count). The van der Waals surface area contributed by atoms with Gasteiger partial charge in [-0.1, -0.05) is 60.8 Å². The molecule has 2 nitrogen and oxygen atoms in total. The Balaban J connectivity index is 1.76. The van der Waals surface area contributed by atoms with E-state index in [2.05, 4.69) is 12.2 Å². The predicted octanol–water partition coefficient (Wildman–Crippen LogP) is 5.75. The Morgan fingerprint density at radius 3 is 2.12 bits per heavy atom. The van der Waals surface area contributed by atoms with Crippen LogP contribution in [-0.4, -0.2) is 5.78 Å². The van der Waals surface area contributed by atoms with E-state index >= 15 is 0 Å². The van der Waals surface area contributed by atoms with Gasteiger partial charge in [0.05, 0.1) is 0 Å². The molecule has 1 saturated carbocycles. The van der Waals surface area contributed by atoms with Crippen molar-refractivity contribution >= 4 is 29.0 Å². The molecule has 2 aliphatic rings. The first-order valence-electron chi connectivity index (χ1n) is 8.80. The van der Waals surface area contributed by atoms with E-state index in [1.165, 1.54) is 0 Å². The number of benzene rings is 2. The second-order valence-electron chi connectivity index (χ2n) is 7.46. The van der Waals surface area contributed by atoms with E-state index < -0.39 is 0 Å². The molecule has 1 aliphatic carbocycles. The summed E-state index contributed by atoms with van der Waals surface area (Å²) in [6.07, 6.45) is 2.96. The van der Waals surface area contributed by atoms with Gasteiger partial charge in [0.25, 0.3) is 0 Å². The molecule has 4 atom stereocenters. The minimum absolute atomic E-state index is 0.00510. The number of ketones is 1. The van der Waals surface area contributed by atoms with Crippen molar-refractivity contribution in [2.45, 2.75) is 38.3 Å². The van der Waals surface area contributed by atoms with Crippen LogP contribution >= 0.6 is 23.2 Å². The Bertz CT molecular complexity index is 787. The summed E-state index contributed by atoms with van der Waals surface area (Å²) in [5.74, 6) is 0.417. The fourth-order valence-electron chi connectivity index (χ4n) is 4.57. The van der Waals surface area contributed by atoms with E-state index in [4.69, 9.17) is 23.2 Å². The monoisotopic (exact) mass is 373 g/mol. The second-order valence-corrected chi connectivity index (χ2v) is 8.33. The largest absolute Gasteiger partial charge is 0.301 e. The van der Waals surface area contributed by atoms with Crippen LogP contribution in [0, 0.1) is 11.3 Å². The zero-order valence-corrected chi connectivity index (χ0v) is 15.6. The minimum atomic E-state index is -0.361. The normalized spacial score (nSPS) is 31.8. The average Bonchev–Trinajstić information content (AvgIpc) is 2.59. The number of fused-ring (bicyclic) bond motifs is 2. The number of rotatable bonds is 2. The number of Topliss-reactive ketones (excluding diaryl/α,β-unsaturated/α-hetero) is 1. The van der Waals surface area contributed by atoms with Crippen molar-refractivity contribution in [3.63, 3.8) is 0 Å². The number of nitrogens with one attached hydrogen (secondary N) is 1. The SMILES string of the molecule is C[C@@]12CCC[C@@H](C1=O)[C@H](c1ccc(Cl)cc1)N[C@@H]2c1ccc(Cl)cc1. The highest BCUT2D eigenvalue weighted by Gasteiger charge is 2.53. The summed E-state index contributed by atoms with van der Waals surface area (Å²) in [6, 6.07) is 15.8. The lowest BCUT2D eigenvalue weighted by Gasteiger charge is -2.51. The van der Waals surface area contributed by atoms with Crippen LogP contribution in [0.25, 0.3) is 0 Å². The molecule has 25 heavy (non-hydrogen) atoms. The standard InChI is InChI=1S/C21H21Cl2NO/c1-21-12-2-3-17(20(21)25)18(13-4-8-15(22)9-5-13)24-19(21)14-6-10-16(23)11-7-14/h4-11,17-19,24H,2-3,12H2,1H3/t17-,18+,19-,21+/m1/s1. The molecule has 1 aliphatic heterocycles. The predicted molar refractivity (Wildman–Crippen MR) is 102 cm³/mol. The van der Waals surface area contributed by atoms with Gasteiger partial charge in [-0.05, 0) is 48.2 Å².